The Morgan fingerprint density at radius 2 is 1.74 bits per heavy atom. The minimum Gasteiger partial charge on any atom is -0.351 e. The van der Waals surface area contributed by atoms with Gasteiger partial charge in [0.25, 0.3) is 0 Å². The van der Waals surface area contributed by atoms with Crippen molar-refractivity contribution in [1.82, 2.24) is 15.0 Å². The number of hydrogen-bond acceptors (Lipinski definition) is 4. The molecule has 186 valence electrons. The van der Waals surface area contributed by atoms with E-state index < -0.39 is 35.3 Å². The Hall–Kier alpha value is -2.69. The van der Waals surface area contributed by atoms with Crippen molar-refractivity contribution in [3.05, 3.63) is 87.6 Å². The lowest BCUT2D eigenvalue weighted by Gasteiger charge is -2.16. The second-order valence-electron chi connectivity index (χ2n) is 7.65. The number of carbonyl (C=O) groups is 1. The number of alkyl halides is 3. The number of carbonyl (C=O) groups excluding carboxylic acids is 1. The Bertz CT molecular complexity index is 1220. The number of halogens is 6. The molecule has 0 aliphatic carbocycles. The van der Waals surface area contributed by atoms with Crippen molar-refractivity contribution >= 4 is 29.5 Å². The van der Waals surface area contributed by atoms with Gasteiger partial charge in [0, 0.05) is 24.2 Å². The topological polar surface area (TPSA) is 54.0 Å². The van der Waals surface area contributed by atoms with Crippen molar-refractivity contribution in [3.63, 3.8) is 0 Å². The molecule has 1 amide bonds. The van der Waals surface area contributed by atoms with E-state index in [1.807, 2.05) is 6.26 Å². The molecule has 3 aromatic rings. The molecule has 2 aromatic carbocycles. The first-order chi connectivity index (χ1) is 16.5. The van der Waals surface area contributed by atoms with E-state index in [1.54, 1.807) is 19.1 Å². The molecule has 0 aliphatic rings. The Labute approximate surface area is 208 Å². The third kappa shape index (κ3) is 6.71. The second-order valence-corrected chi connectivity index (χ2v) is 8.75. The zero-order valence-electron chi connectivity index (χ0n) is 18.6. The molecule has 0 saturated heterocycles. The first-order valence-electron chi connectivity index (χ1n) is 10.4. The van der Waals surface area contributed by atoms with Gasteiger partial charge in [-0.25, -0.2) is 13.8 Å². The molecule has 2 N–H and O–H groups in total. The van der Waals surface area contributed by atoms with Gasteiger partial charge >= 0.3 is 6.18 Å². The van der Waals surface area contributed by atoms with E-state index in [2.05, 4.69) is 15.0 Å². The van der Waals surface area contributed by atoms with Crippen LogP contribution in [0.25, 0.3) is 11.3 Å². The molecular weight excluding hydrogens is 509 g/mol. The summed E-state index contributed by atoms with van der Waals surface area (Å²) < 4.78 is 70.6. The molecule has 0 spiro atoms. The van der Waals surface area contributed by atoms with Crippen molar-refractivity contribution in [2.24, 2.45) is 0 Å². The Balaban J connectivity index is 1.82. The van der Waals surface area contributed by atoms with Gasteiger partial charge in [0.2, 0.25) is 5.91 Å². The fraction of sp³-hybridized carbons (Fsp3) is 0.250. The number of amides is 1. The third-order valence-corrected chi connectivity index (χ3v) is 6.02. The maximum absolute atomic E-state index is 14.4. The highest BCUT2D eigenvalue weighted by Crippen LogP contribution is 2.32. The van der Waals surface area contributed by atoms with Gasteiger partial charge in [-0.15, -0.1) is 0 Å². The van der Waals surface area contributed by atoms with Crippen LogP contribution in [0.1, 0.15) is 35.2 Å². The van der Waals surface area contributed by atoms with Crippen LogP contribution in [0.3, 0.4) is 0 Å². The highest BCUT2D eigenvalue weighted by molar-refractivity contribution is 7.96. The normalized spacial score (nSPS) is 12.5. The van der Waals surface area contributed by atoms with Crippen LogP contribution in [0.5, 0.6) is 0 Å². The van der Waals surface area contributed by atoms with Gasteiger partial charge < -0.3 is 5.32 Å². The highest BCUT2D eigenvalue weighted by atomic mass is 35.5. The van der Waals surface area contributed by atoms with Crippen LogP contribution in [0.2, 0.25) is 5.02 Å². The van der Waals surface area contributed by atoms with Crippen molar-refractivity contribution in [2.75, 3.05) is 6.26 Å². The standard InChI is InChI=1S/C24H21ClF5N3OS/c1-13(14-3-4-16(12-32-35-2)20(27)10-14)23(34)31-11-17-6-8-21(24(28,29)30)33-22(17)15-5-7-19(26)18(25)9-15/h3-10,13,32H,11-12H2,1-2H3,(H,31,34). The quantitative estimate of drug-likeness (QED) is 0.259. The zero-order chi connectivity index (χ0) is 25.8. The number of benzene rings is 2. The van der Waals surface area contributed by atoms with Crippen molar-refractivity contribution in [3.8, 4) is 11.3 Å². The summed E-state index contributed by atoms with van der Waals surface area (Å²) in [7, 11) is 0. The Kier molecular flexibility index (Phi) is 8.74. The molecular formula is C24H21ClF5N3OS. The fourth-order valence-electron chi connectivity index (χ4n) is 3.29. The molecule has 3 rings (SSSR count). The smallest absolute Gasteiger partial charge is 0.351 e. The molecule has 11 heteroatoms. The van der Waals surface area contributed by atoms with E-state index in [-0.39, 0.29) is 28.4 Å². The summed E-state index contributed by atoms with van der Waals surface area (Å²) in [6, 6.07) is 9.97. The SMILES string of the molecule is CSNCc1ccc(C(C)C(=O)NCc2ccc(C(F)(F)F)nc2-c2ccc(F)c(Cl)c2)cc1F. The van der Waals surface area contributed by atoms with E-state index in [9.17, 15) is 26.7 Å². The molecule has 0 bridgehead atoms. The highest BCUT2D eigenvalue weighted by Gasteiger charge is 2.33. The number of pyridine rings is 1. The second kappa shape index (κ2) is 11.4. The molecule has 4 nitrogen and oxygen atoms in total. The fourth-order valence-corrected chi connectivity index (χ4v) is 3.78. The molecule has 0 saturated carbocycles. The number of nitrogens with one attached hydrogen (secondary N) is 2. The van der Waals surface area contributed by atoms with E-state index in [0.717, 1.165) is 12.1 Å². The van der Waals surface area contributed by atoms with Gasteiger partial charge in [-0.1, -0.05) is 41.7 Å². The average molecular weight is 530 g/mol. The molecule has 35 heavy (non-hydrogen) atoms. The monoisotopic (exact) mass is 529 g/mol. The first kappa shape index (κ1) is 26.9. The largest absolute Gasteiger partial charge is 0.433 e. The molecule has 1 atom stereocenters. The number of hydrogen-bond donors (Lipinski definition) is 2. The van der Waals surface area contributed by atoms with Gasteiger partial charge in [0.15, 0.2) is 0 Å². The number of aromatic nitrogens is 1. The van der Waals surface area contributed by atoms with Gasteiger partial charge in [-0.3, -0.25) is 9.52 Å². The van der Waals surface area contributed by atoms with Crippen molar-refractivity contribution in [2.45, 2.75) is 32.1 Å². The lowest BCUT2D eigenvalue weighted by molar-refractivity contribution is -0.141. The number of rotatable bonds is 8. The van der Waals surface area contributed by atoms with Crippen molar-refractivity contribution in [1.29, 1.82) is 0 Å². The van der Waals surface area contributed by atoms with Crippen LogP contribution in [-0.2, 0) is 24.1 Å². The predicted octanol–water partition coefficient (Wildman–Crippen LogP) is 6.49. The number of nitrogens with zero attached hydrogens (tertiary/aromatic N) is 1. The minimum absolute atomic E-state index is 0.0913. The Morgan fingerprint density at radius 1 is 1.03 bits per heavy atom. The van der Waals surface area contributed by atoms with Gasteiger partial charge in [0.1, 0.15) is 17.3 Å². The summed E-state index contributed by atoms with van der Waals surface area (Å²) in [5.74, 6) is -2.36. The molecule has 0 aliphatic heterocycles. The summed E-state index contributed by atoms with van der Waals surface area (Å²) in [5.41, 5.74) is 0.106. The average Bonchev–Trinajstić information content (AvgIpc) is 2.82. The van der Waals surface area contributed by atoms with E-state index >= 15 is 0 Å². The summed E-state index contributed by atoms with van der Waals surface area (Å²) in [6.45, 7) is 1.76. The van der Waals surface area contributed by atoms with Crippen LogP contribution >= 0.6 is 23.5 Å². The summed E-state index contributed by atoms with van der Waals surface area (Å²) in [5, 5.41) is 2.38. The first-order valence-corrected chi connectivity index (χ1v) is 12.0. The van der Waals surface area contributed by atoms with Crippen LogP contribution in [0, 0.1) is 11.6 Å². The van der Waals surface area contributed by atoms with Crippen LogP contribution in [0.4, 0.5) is 22.0 Å². The zero-order valence-corrected chi connectivity index (χ0v) is 20.2. The minimum atomic E-state index is -4.70. The molecule has 0 fully saturated rings. The molecule has 0 radical (unpaired) electrons. The Morgan fingerprint density at radius 3 is 2.37 bits per heavy atom. The molecule has 1 aromatic heterocycles. The maximum atomic E-state index is 14.4. The van der Waals surface area contributed by atoms with Gasteiger partial charge in [-0.05, 0) is 54.6 Å². The summed E-state index contributed by atoms with van der Waals surface area (Å²) in [6.07, 6.45) is -2.88. The van der Waals surface area contributed by atoms with E-state index in [0.29, 0.717) is 17.7 Å². The summed E-state index contributed by atoms with van der Waals surface area (Å²) >= 11 is 7.16. The van der Waals surface area contributed by atoms with E-state index in [1.165, 1.54) is 36.2 Å². The lowest BCUT2D eigenvalue weighted by atomic mass is 9.98. The lowest BCUT2D eigenvalue weighted by Crippen LogP contribution is -2.28. The van der Waals surface area contributed by atoms with E-state index in [4.69, 9.17) is 11.6 Å². The van der Waals surface area contributed by atoms with Gasteiger partial charge in [0.05, 0.1) is 16.6 Å². The van der Waals surface area contributed by atoms with Crippen LogP contribution < -0.4 is 10.0 Å². The van der Waals surface area contributed by atoms with Crippen LogP contribution in [0.15, 0.2) is 48.5 Å². The van der Waals surface area contributed by atoms with Crippen molar-refractivity contribution < 1.29 is 26.7 Å². The van der Waals surface area contributed by atoms with Gasteiger partial charge in [-0.2, -0.15) is 13.2 Å². The maximum Gasteiger partial charge on any atom is 0.433 e. The summed E-state index contributed by atoms with van der Waals surface area (Å²) in [4.78, 5) is 16.4. The third-order valence-electron chi connectivity index (χ3n) is 5.29. The molecule has 1 unspecified atom stereocenters. The molecule has 1 heterocycles. The van der Waals surface area contributed by atoms with Crippen LogP contribution in [-0.4, -0.2) is 17.1 Å². The predicted molar refractivity (Wildman–Crippen MR) is 127 cm³/mol.